The van der Waals surface area contributed by atoms with Gasteiger partial charge in [-0.3, -0.25) is 5.73 Å². The lowest BCUT2D eigenvalue weighted by Gasteiger charge is -1.99. The van der Waals surface area contributed by atoms with Gasteiger partial charge in [0, 0.05) is 0 Å². The van der Waals surface area contributed by atoms with E-state index < -0.39 is 6.23 Å². The van der Waals surface area contributed by atoms with Gasteiger partial charge in [0.15, 0.2) is 11.6 Å². The number of rotatable bonds is 3. The van der Waals surface area contributed by atoms with Gasteiger partial charge in [0.25, 0.3) is 0 Å². The maximum Gasteiger partial charge on any atom is 0.179 e. The summed E-state index contributed by atoms with van der Waals surface area (Å²) in [6.45, 7) is 1.80. The highest BCUT2D eigenvalue weighted by molar-refractivity contribution is 4.36. The normalized spacial score (nSPS) is 12.9. The van der Waals surface area contributed by atoms with Crippen LogP contribution in [-0.4, -0.2) is 6.23 Å². The van der Waals surface area contributed by atoms with Crippen molar-refractivity contribution < 1.29 is 4.84 Å². The van der Waals surface area contributed by atoms with Crippen LogP contribution in [0.2, 0.25) is 0 Å². The van der Waals surface area contributed by atoms with Crippen molar-refractivity contribution in [2.75, 3.05) is 0 Å². The maximum atomic E-state index is 9.22. The standard InChI is InChI=1S/C3H8N2O2/c1-2-3(4)7-5-6/h3H,2,4H2,1H3. The summed E-state index contributed by atoms with van der Waals surface area (Å²) in [6.07, 6.45) is 0.0728. The fraction of sp³-hybridized carbons (Fsp3) is 1.00. The quantitative estimate of drug-likeness (QED) is 0.320. The largest absolute Gasteiger partial charge is 0.345 e. The minimum absolute atomic E-state index is 0.530. The monoisotopic (exact) mass is 104 g/mol. The van der Waals surface area contributed by atoms with E-state index in [0.29, 0.717) is 6.42 Å². The average molecular weight is 104 g/mol. The summed E-state index contributed by atoms with van der Waals surface area (Å²) in [4.78, 5) is 13.3. The van der Waals surface area contributed by atoms with Gasteiger partial charge >= 0.3 is 0 Å². The van der Waals surface area contributed by atoms with Crippen LogP contribution in [0.15, 0.2) is 5.34 Å². The molecule has 1 atom stereocenters. The molecule has 0 saturated carbocycles. The molecule has 0 bridgehead atoms. The summed E-state index contributed by atoms with van der Waals surface area (Å²) in [7, 11) is 0. The Balaban J connectivity index is 2.98. The van der Waals surface area contributed by atoms with Gasteiger partial charge in [0.1, 0.15) is 0 Å². The number of nitrogens with zero attached hydrogens (tertiary/aromatic N) is 1. The Hall–Kier alpha value is -0.640. The Morgan fingerprint density at radius 2 is 2.57 bits per heavy atom. The highest BCUT2D eigenvalue weighted by Gasteiger charge is 1.94. The lowest BCUT2D eigenvalue weighted by molar-refractivity contribution is 0.0574. The lowest BCUT2D eigenvalue weighted by atomic mass is 10.5. The molecule has 4 heteroatoms. The molecule has 7 heavy (non-hydrogen) atoms. The zero-order chi connectivity index (χ0) is 5.70. The number of hydrogen-bond donors (Lipinski definition) is 1. The third-order valence-corrected chi connectivity index (χ3v) is 0.581. The van der Waals surface area contributed by atoms with E-state index >= 15 is 0 Å². The fourth-order valence-corrected chi connectivity index (χ4v) is 0.130. The molecule has 0 amide bonds. The fourth-order valence-electron chi connectivity index (χ4n) is 0.130. The van der Waals surface area contributed by atoms with Crippen LogP contribution in [0.4, 0.5) is 0 Å². The van der Waals surface area contributed by atoms with Crippen molar-refractivity contribution >= 4 is 0 Å². The first-order valence-electron chi connectivity index (χ1n) is 2.05. The predicted octanol–water partition coefficient (Wildman–Crippen LogP) is 0.379. The van der Waals surface area contributed by atoms with Gasteiger partial charge in [-0.05, 0) is 6.42 Å². The van der Waals surface area contributed by atoms with Gasteiger partial charge in [-0.15, -0.1) is 4.91 Å². The van der Waals surface area contributed by atoms with E-state index in [1.807, 2.05) is 0 Å². The van der Waals surface area contributed by atoms with Gasteiger partial charge in [-0.1, -0.05) is 6.92 Å². The summed E-state index contributed by atoms with van der Waals surface area (Å²) in [6, 6.07) is 0. The Kier molecular flexibility index (Phi) is 3.22. The van der Waals surface area contributed by atoms with E-state index in [1.165, 1.54) is 0 Å². The minimum atomic E-state index is -0.530. The van der Waals surface area contributed by atoms with Crippen LogP contribution in [-0.2, 0) is 4.84 Å². The molecule has 2 N–H and O–H groups in total. The van der Waals surface area contributed by atoms with Crippen molar-refractivity contribution in [3.63, 3.8) is 0 Å². The molecule has 0 rings (SSSR count). The molecule has 1 unspecified atom stereocenters. The van der Waals surface area contributed by atoms with E-state index in [0.717, 1.165) is 0 Å². The third kappa shape index (κ3) is 3.18. The zero-order valence-electron chi connectivity index (χ0n) is 4.13. The van der Waals surface area contributed by atoms with E-state index in [2.05, 4.69) is 10.2 Å². The average Bonchev–Trinajstić information content (AvgIpc) is 1.68. The molecule has 0 aliphatic rings. The maximum absolute atomic E-state index is 9.22. The van der Waals surface area contributed by atoms with Crippen LogP contribution < -0.4 is 5.73 Å². The van der Waals surface area contributed by atoms with Gasteiger partial charge < -0.3 is 4.84 Å². The van der Waals surface area contributed by atoms with E-state index in [4.69, 9.17) is 5.73 Å². The van der Waals surface area contributed by atoms with Crippen LogP contribution >= 0.6 is 0 Å². The summed E-state index contributed by atoms with van der Waals surface area (Å²) in [5.74, 6) is 0. The van der Waals surface area contributed by atoms with Crippen molar-refractivity contribution in [3.05, 3.63) is 4.91 Å². The summed E-state index contributed by atoms with van der Waals surface area (Å²) in [5.41, 5.74) is 5.07. The van der Waals surface area contributed by atoms with Crippen LogP contribution in [0.3, 0.4) is 0 Å². The SMILES string of the molecule is CCC(N)ON=O. The van der Waals surface area contributed by atoms with Crippen molar-refractivity contribution in [2.24, 2.45) is 11.1 Å². The molecule has 0 saturated heterocycles. The van der Waals surface area contributed by atoms with Crippen LogP contribution in [0.5, 0.6) is 0 Å². The first kappa shape index (κ1) is 6.36. The van der Waals surface area contributed by atoms with Crippen molar-refractivity contribution in [3.8, 4) is 0 Å². The van der Waals surface area contributed by atoms with E-state index in [1.54, 1.807) is 6.92 Å². The minimum Gasteiger partial charge on any atom is -0.345 e. The number of hydrogen-bond acceptors (Lipinski definition) is 4. The highest BCUT2D eigenvalue weighted by Crippen LogP contribution is 1.86. The van der Waals surface area contributed by atoms with Gasteiger partial charge in [-0.25, -0.2) is 0 Å². The molecule has 4 nitrogen and oxygen atoms in total. The van der Waals surface area contributed by atoms with Gasteiger partial charge in [-0.2, -0.15) is 0 Å². The van der Waals surface area contributed by atoms with Crippen molar-refractivity contribution in [2.45, 2.75) is 19.6 Å². The molecule has 0 heterocycles. The van der Waals surface area contributed by atoms with Crippen LogP contribution in [0, 0.1) is 4.91 Å². The summed E-state index contributed by atoms with van der Waals surface area (Å²) in [5, 5.41) is 2.13. The molecular weight excluding hydrogens is 96.0 g/mol. The second kappa shape index (κ2) is 3.55. The van der Waals surface area contributed by atoms with Gasteiger partial charge in [0.05, 0.1) is 0 Å². The Morgan fingerprint density at radius 1 is 2.00 bits per heavy atom. The Morgan fingerprint density at radius 3 is 2.71 bits per heavy atom. The second-order valence-electron chi connectivity index (χ2n) is 1.13. The third-order valence-electron chi connectivity index (χ3n) is 0.581. The van der Waals surface area contributed by atoms with Crippen LogP contribution in [0.1, 0.15) is 13.3 Å². The van der Waals surface area contributed by atoms with Crippen molar-refractivity contribution in [1.82, 2.24) is 0 Å². The molecule has 0 fully saturated rings. The lowest BCUT2D eigenvalue weighted by Crippen LogP contribution is -2.19. The molecule has 42 valence electrons. The molecule has 0 aromatic carbocycles. The molecule has 0 aliphatic heterocycles. The van der Waals surface area contributed by atoms with E-state index in [-0.39, 0.29) is 0 Å². The highest BCUT2D eigenvalue weighted by atomic mass is 16.7. The van der Waals surface area contributed by atoms with Crippen LogP contribution in [0.25, 0.3) is 0 Å². The topological polar surface area (TPSA) is 64.7 Å². The second-order valence-corrected chi connectivity index (χ2v) is 1.13. The molecule has 0 aromatic heterocycles. The predicted molar refractivity (Wildman–Crippen MR) is 25.1 cm³/mol. The molecule has 0 radical (unpaired) electrons. The summed E-state index contributed by atoms with van der Waals surface area (Å²) < 4.78 is 0. The first-order valence-corrected chi connectivity index (χ1v) is 2.05. The van der Waals surface area contributed by atoms with Crippen molar-refractivity contribution in [1.29, 1.82) is 0 Å². The molecule has 0 aromatic rings. The summed E-state index contributed by atoms with van der Waals surface area (Å²) >= 11 is 0. The number of nitrogens with two attached hydrogens (primary N) is 1. The molecule has 0 aliphatic carbocycles. The molecular formula is C3H8N2O2. The first-order chi connectivity index (χ1) is 3.31. The molecule has 0 spiro atoms. The Bertz CT molecular complexity index is 56.9. The van der Waals surface area contributed by atoms with Gasteiger partial charge in [0.2, 0.25) is 0 Å². The van der Waals surface area contributed by atoms with E-state index in [9.17, 15) is 4.91 Å². The smallest absolute Gasteiger partial charge is 0.179 e. The zero-order valence-corrected chi connectivity index (χ0v) is 4.13. The Labute approximate surface area is 41.6 Å².